The van der Waals surface area contributed by atoms with Gasteiger partial charge in [-0.25, -0.2) is 4.79 Å². The lowest BCUT2D eigenvalue weighted by molar-refractivity contribution is 0.196. The molecule has 15 heavy (non-hydrogen) atoms. The number of amides is 2. The van der Waals surface area contributed by atoms with E-state index in [9.17, 15) is 4.79 Å². The first-order valence-corrected chi connectivity index (χ1v) is 6.12. The van der Waals surface area contributed by atoms with Crippen LogP contribution in [0.15, 0.2) is 0 Å². The maximum atomic E-state index is 11.9. The molecule has 0 unspecified atom stereocenters. The van der Waals surface area contributed by atoms with E-state index in [-0.39, 0.29) is 6.03 Å². The number of hydrogen-bond donors (Lipinski definition) is 2. The van der Waals surface area contributed by atoms with Crippen LogP contribution in [0.4, 0.5) is 4.79 Å². The molecular formula is C11H21N3O. The van der Waals surface area contributed by atoms with Crippen molar-refractivity contribution in [2.75, 3.05) is 26.2 Å². The molecule has 1 atom stereocenters. The molecule has 86 valence electrons. The van der Waals surface area contributed by atoms with Crippen LogP contribution in [0, 0.1) is 0 Å². The first-order chi connectivity index (χ1) is 7.36. The van der Waals surface area contributed by atoms with Gasteiger partial charge in [0.25, 0.3) is 0 Å². The van der Waals surface area contributed by atoms with Crippen LogP contribution in [-0.4, -0.2) is 43.2 Å². The van der Waals surface area contributed by atoms with E-state index in [1.807, 2.05) is 4.90 Å². The van der Waals surface area contributed by atoms with Gasteiger partial charge in [-0.1, -0.05) is 12.8 Å². The standard InChI is InChI=1S/C11H21N3O/c15-11(13-10-5-6-12-9-10)14-7-3-1-2-4-8-14/h10,12H,1-9H2,(H,13,15)/t10-/m0/s1. The van der Waals surface area contributed by atoms with E-state index < -0.39 is 0 Å². The van der Waals surface area contributed by atoms with E-state index in [1.165, 1.54) is 12.8 Å². The molecule has 2 saturated heterocycles. The molecule has 2 rings (SSSR count). The topological polar surface area (TPSA) is 44.4 Å². The average Bonchev–Trinajstić information content (AvgIpc) is 2.58. The zero-order valence-corrected chi connectivity index (χ0v) is 9.30. The van der Waals surface area contributed by atoms with Crippen LogP contribution >= 0.6 is 0 Å². The Bertz CT molecular complexity index is 206. The van der Waals surface area contributed by atoms with E-state index in [2.05, 4.69) is 10.6 Å². The Morgan fingerprint density at radius 3 is 2.53 bits per heavy atom. The largest absolute Gasteiger partial charge is 0.334 e. The van der Waals surface area contributed by atoms with Crippen molar-refractivity contribution in [2.45, 2.75) is 38.1 Å². The smallest absolute Gasteiger partial charge is 0.317 e. The minimum Gasteiger partial charge on any atom is -0.334 e. The Morgan fingerprint density at radius 1 is 1.20 bits per heavy atom. The third-order valence-corrected chi connectivity index (χ3v) is 3.28. The summed E-state index contributed by atoms with van der Waals surface area (Å²) in [6, 6.07) is 0.492. The lowest BCUT2D eigenvalue weighted by Crippen LogP contribution is -2.45. The van der Waals surface area contributed by atoms with E-state index >= 15 is 0 Å². The van der Waals surface area contributed by atoms with Crippen molar-refractivity contribution in [1.82, 2.24) is 15.5 Å². The molecule has 0 aromatic carbocycles. The van der Waals surface area contributed by atoms with E-state index in [1.54, 1.807) is 0 Å². The van der Waals surface area contributed by atoms with Crippen LogP contribution in [0.5, 0.6) is 0 Å². The maximum Gasteiger partial charge on any atom is 0.317 e. The predicted molar refractivity (Wildman–Crippen MR) is 59.8 cm³/mol. The monoisotopic (exact) mass is 211 g/mol. The second-order valence-corrected chi connectivity index (χ2v) is 4.54. The van der Waals surface area contributed by atoms with Gasteiger partial charge in [0.2, 0.25) is 0 Å². The first-order valence-electron chi connectivity index (χ1n) is 6.12. The van der Waals surface area contributed by atoms with Crippen molar-refractivity contribution in [3.05, 3.63) is 0 Å². The highest BCUT2D eigenvalue weighted by molar-refractivity contribution is 5.74. The normalized spacial score (nSPS) is 27.5. The molecule has 4 heteroatoms. The lowest BCUT2D eigenvalue weighted by atomic mass is 10.2. The molecule has 2 fully saturated rings. The van der Waals surface area contributed by atoms with E-state index in [4.69, 9.17) is 0 Å². The zero-order valence-electron chi connectivity index (χ0n) is 9.30. The third kappa shape index (κ3) is 3.09. The van der Waals surface area contributed by atoms with Gasteiger partial charge in [0.15, 0.2) is 0 Å². The molecule has 0 aromatic heterocycles. The van der Waals surface area contributed by atoms with E-state index in [0.29, 0.717) is 6.04 Å². The Labute approximate surface area is 91.4 Å². The molecule has 0 aliphatic carbocycles. The molecule has 0 radical (unpaired) electrons. The van der Waals surface area contributed by atoms with Crippen molar-refractivity contribution in [3.63, 3.8) is 0 Å². The summed E-state index contributed by atoms with van der Waals surface area (Å²) in [5, 5.41) is 6.36. The molecule has 0 aromatic rings. The molecule has 2 aliphatic heterocycles. The van der Waals surface area contributed by atoms with E-state index in [0.717, 1.165) is 45.4 Å². The first kappa shape index (κ1) is 10.7. The van der Waals surface area contributed by atoms with Crippen LogP contribution in [0.3, 0.4) is 0 Å². The highest BCUT2D eigenvalue weighted by atomic mass is 16.2. The number of urea groups is 1. The summed E-state index contributed by atoms with van der Waals surface area (Å²) in [7, 11) is 0. The van der Waals surface area contributed by atoms with Gasteiger partial charge in [0, 0.05) is 25.7 Å². The summed E-state index contributed by atoms with van der Waals surface area (Å²) < 4.78 is 0. The summed E-state index contributed by atoms with van der Waals surface area (Å²) in [4.78, 5) is 13.9. The van der Waals surface area contributed by atoms with Crippen LogP contribution in [0.1, 0.15) is 32.1 Å². The average molecular weight is 211 g/mol. The summed E-state index contributed by atoms with van der Waals surface area (Å²) in [5.41, 5.74) is 0. The van der Waals surface area contributed by atoms with Gasteiger partial charge in [-0.2, -0.15) is 0 Å². The minimum absolute atomic E-state index is 0.144. The zero-order chi connectivity index (χ0) is 10.5. The number of carbonyl (C=O) groups excluding carboxylic acids is 1. The van der Waals surface area contributed by atoms with Crippen molar-refractivity contribution in [1.29, 1.82) is 0 Å². The molecule has 0 spiro atoms. The van der Waals surface area contributed by atoms with Gasteiger partial charge in [-0.15, -0.1) is 0 Å². The Balaban J connectivity index is 1.77. The predicted octanol–water partition coefficient (Wildman–Crippen LogP) is 0.934. The molecule has 0 bridgehead atoms. The minimum atomic E-state index is 0.144. The van der Waals surface area contributed by atoms with Crippen molar-refractivity contribution in [2.24, 2.45) is 0 Å². The number of nitrogens with zero attached hydrogens (tertiary/aromatic N) is 1. The van der Waals surface area contributed by atoms with Gasteiger partial charge in [-0.05, 0) is 25.8 Å². The fourth-order valence-corrected chi connectivity index (χ4v) is 2.32. The number of nitrogens with one attached hydrogen (secondary N) is 2. The highest BCUT2D eigenvalue weighted by Gasteiger charge is 2.20. The van der Waals surface area contributed by atoms with Gasteiger partial charge in [0.05, 0.1) is 0 Å². The molecule has 4 nitrogen and oxygen atoms in total. The molecule has 0 saturated carbocycles. The number of carbonyl (C=O) groups is 1. The van der Waals surface area contributed by atoms with Gasteiger partial charge >= 0.3 is 6.03 Å². The SMILES string of the molecule is O=C(N[C@H]1CCNC1)N1CCCCCC1. The van der Waals surface area contributed by atoms with Gasteiger partial charge in [0.1, 0.15) is 0 Å². The van der Waals surface area contributed by atoms with Crippen LogP contribution in [-0.2, 0) is 0 Å². The molecule has 2 heterocycles. The number of likely N-dealkylation sites (tertiary alicyclic amines) is 1. The van der Waals surface area contributed by atoms with Crippen molar-refractivity contribution in [3.8, 4) is 0 Å². The lowest BCUT2D eigenvalue weighted by Gasteiger charge is -2.23. The second-order valence-electron chi connectivity index (χ2n) is 4.54. The van der Waals surface area contributed by atoms with Gasteiger partial charge < -0.3 is 15.5 Å². The van der Waals surface area contributed by atoms with Crippen LogP contribution in [0.25, 0.3) is 0 Å². The van der Waals surface area contributed by atoms with Gasteiger partial charge in [-0.3, -0.25) is 0 Å². The summed E-state index contributed by atoms with van der Waals surface area (Å²) >= 11 is 0. The quantitative estimate of drug-likeness (QED) is 0.678. The Morgan fingerprint density at radius 2 is 1.93 bits per heavy atom. The van der Waals surface area contributed by atoms with Crippen LogP contribution < -0.4 is 10.6 Å². The second kappa shape index (κ2) is 5.35. The fourth-order valence-electron chi connectivity index (χ4n) is 2.32. The fraction of sp³-hybridized carbons (Fsp3) is 0.909. The molecule has 2 amide bonds. The number of rotatable bonds is 1. The molecular weight excluding hydrogens is 190 g/mol. The van der Waals surface area contributed by atoms with Crippen molar-refractivity contribution >= 4 is 6.03 Å². The maximum absolute atomic E-state index is 11.9. The van der Waals surface area contributed by atoms with Crippen LogP contribution in [0.2, 0.25) is 0 Å². The highest BCUT2D eigenvalue weighted by Crippen LogP contribution is 2.10. The Kier molecular flexibility index (Phi) is 3.83. The number of hydrogen-bond acceptors (Lipinski definition) is 2. The molecule has 2 N–H and O–H groups in total. The third-order valence-electron chi connectivity index (χ3n) is 3.28. The van der Waals surface area contributed by atoms with Crippen molar-refractivity contribution < 1.29 is 4.79 Å². The summed E-state index contributed by atoms with van der Waals surface area (Å²) in [6.45, 7) is 3.84. The Hall–Kier alpha value is -0.770. The molecule has 2 aliphatic rings. The summed E-state index contributed by atoms with van der Waals surface area (Å²) in [6.07, 6.45) is 5.94. The summed E-state index contributed by atoms with van der Waals surface area (Å²) in [5.74, 6) is 0.